The van der Waals surface area contributed by atoms with E-state index in [9.17, 15) is 0 Å². The van der Waals surface area contributed by atoms with E-state index < -0.39 is 0 Å². The van der Waals surface area contributed by atoms with Crippen molar-refractivity contribution in [3.05, 3.63) is 30.6 Å². The lowest BCUT2D eigenvalue weighted by atomic mass is 9.70. The van der Waals surface area contributed by atoms with Gasteiger partial charge in [-0.25, -0.2) is 4.68 Å². The molecule has 1 aliphatic rings. The van der Waals surface area contributed by atoms with Crippen LogP contribution < -0.4 is 5.32 Å². The minimum absolute atomic E-state index is 0.488. The molecule has 3 rings (SSSR count). The van der Waals surface area contributed by atoms with Crippen LogP contribution in [0.1, 0.15) is 40.0 Å². The zero-order chi connectivity index (χ0) is 14.9. The van der Waals surface area contributed by atoms with Gasteiger partial charge in [0.15, 0.2) is 0 Å². The van der Waals surface area contributed by atoms with Crippen molar-refractivity contribution in [3.63, 3.8) is 0 Å². The Labute approximate surface area is 125 Å². The van der Waals surface area contributed by atoms with E-state index in [0.717, 1.165) is 5.69 Å². The molecule has 5 nitrogen and oxygen atoms in total. The Hall–Kier alpha value is -1.91. The van der Waals surface area contributed by atoms with Crippen molar-refractivity contribution in [2.24, 2.45) is 11.3 Å². The third-order valence-corrected chi connectivity index (χ3v) is 4.53. The maximum absolute atomic E-state index is 3.89. The van der Waals surface area contributed by atoms with E-state index in [2.05, 4.69) is 53.7 Å². The zero-order valence-electron chi connectivity index (χ0n) is 13.0. The molecule has 1 aliphatic carbocycles. The van der Waals surface area contributed by atoms with Gasteiger partial charge in [-0.15, -0.1) is 5.10 Å². The number of hydrogen-bond donors (Lipinski definition) is 1. The van der Waals surface area contributed by atoms with Gasteiger partial charge in [0.2, 0.25) is 0 Å². The Morgan fingerprint density at radius 1 is 1.24 bits per heavy atom. The molecule has 2 atom stereocenters. The van der Waals surface area contributed by atoms with Crippen LogP contribution >= 0.6 is 0 Å². The number of hydrogen-bond acceptors (Lipinski definition) is 4. The summed E-state index contributed by atoms with van der Waals surface area (Å²) in [5.41, 5.74) is 2.63. The molecular weight excluding hydrogens is 262 g/mol. The molecule has 0 saturated heterocycles. The molecule has 0 bridgehead atoms. The van der Waals surface area contributed by atoms with Crippen molar-refractivity contribution < 1.29 is 0 Å². The van der Waals surface area contributed by atoms with Crippen LogP contribution in [-0.4, -0.2) is 26.2 Å². The quantitative estimate of drug-likeness (QED) is 0.940. The molecule has 0 spiro atoms. The molecule has 5 heteroatoms. The Bertz CT molecular complexity index is 573. The van der Waals surface area contributed by atoms with Crippen LogP contribution in [0.3, 0.4) is 0 Å². The first-order chi connectivity index (χ1) is 10.0. The van der Waals surface area contributed by atoms with Gasteiger partial charge in [-0.2, -0.15) is 0 Å². The fourth-order valence-electron chi connectivity index (χ4n) is 3.37. The average molecular weight is 285 g/mol. The number of rotatable bonds is 3. The maximum Gasteiger partial charge on any atom is 0.143 e. The second kappa shape index (κ2) is 5.47. The monoisotopic (exact) mass is 285 g/mol. The highest BCUT2D eigenvalue weighted by Crippen LogP contribution is 2.39. The first-order valence-corrected chi connectivity index (χ1v) is 7.63. The van der Waals surface area contributed by atoms with Crippen molar-refractivity contribution in [3.8, 4) is 5.69 Å². The van der Waals surface area contributed by atoms with Gasteiger partial charge in [0.05, 0.1) is 5.69 Å². The molecule has 2 aromatic rings. The molecule has 1 N–H and O–H groups in total. The lowest BCUT2D eigenvalue weighted by Crippen LogP contribution is -2.36. The fourth-order valence-corrected chi connectivity index (χ4v) is 3.37. The molecule has 0 radical (unpaired) electrons. The van der Waals surface area contributed by atoms with E-state index in [1.807, 2.05) is 12.1 Å². The third-order valence-electron chi connectivity index (χ3n) is 4.53. The number of tetrazole rings is 1. The fraction of sp³-hybridized carbons (Fsp3) is 0.562. The van der Waals surface area contributed by atoms with Gasteiger partial charge in [-0.1, -0.05) is 20.8 Å². The third kappa shape index (κ3) is 3.23. The number of anilines is 1. The van der Waals surface area contributed by atoms with Crippen molar-refractivity contribution in [1.82, 2.24) is 20.2 Å². The molecule has 0 amide bonds. The normalized spacial score (nSPS) is 24.7. The molecule has 1 saturated carbocycles. The van der Waals surface area contributed by atoms with Crippen LogP contribution in [-0.2, 0) is 0 Å². The highest BCUT2D eigenvalue weighted by molar-refractivity contribution is 5.49. The molecule has 2 unspecified atom stereocenters. The summed E-state index contributed by atoms with van der Waals surface area (Å²) in [6.45, 7) is 7.11. The second-order valence-corrected chi connectivity index (χ2v) is 6.94. The second-order valence-electron chi connectivity index (χ2n) is 6.94. The van der Waals surface area contributed by atoms with Crippen molar-refractivity contribution in [2.75, 3.05) is 5.32 Å². The van der Waals surface area contributed by atoms with E-state index >= 15 is 0 Å². The predicted molar refractivity (Wildman–Crippen MR) is 83.4 cm³/mol. The Kier molecular flexibility index (Phi) is 3.66. The van der Waals surface area contributed by atoms with Gasteiger partial charge < -0.3 is 5.32 Å². The van der Waals surface area contributed by atoms with Crippen molar-refractivity contribution >= 4 is 5.69 Å². The van der Waals surface area contributed by atoms with E-state index in [4.69, 9.17) is 0 Å². The summed E-state index contributed by atoms with van der Waals surface area (Å²) in [7, 11) is 0. The first-order valence-electron chi connectivity index (χ1n) is 7.63. The number of nitrogens with one attached hydrogen (secondary N) is 1. The van der Waals surface area contributed by atoms with Crippen molar-refractivity contribution in [2.45, 2.75) is 46.1 Å². The van der Waals surface area contributed by atoms with Gasteiger partial charge in [-0.3, -0.25) is 0 Å². The van der Waals surface area contributed by atoms with E-state index in [-0.39, 0.29) is 0 Å². The molecule has 1 heterocycles. The highest BCUT2D eigenvalue weighted by Gasteiger charge is 2.32. The van der Waals surface area contributed by atoms with Gasteiger partial charge in [0, 0.05) is 11.7 Å². The summed E-state index contributed by atoms with van der Waals surface area (Å²) in [6, 6.07) is 8.84. The topological polar surface area (TPSA) is 55.6 Å². The number of nitrogens with zero attached hydrogens (tertiary/aromatic N) is 4. The summed E-state index contributed by atoms with van der Waals surface area (Å²) in [4.78, 5) is 0. The summed E-state index contributed by atoms with van der Waals surface area (Å²) >= 11 is 0. The highest BCUT2D eigenvalue weighted by atomic mass is 15.5. The van der Waals surface area contributed by atoms with Gasteiger partial charge in [0.1, 0.15) is 6.33 Å². The maximum atomic E-state index is 3.89. The minimum Gasteiger partial charge on any atom is -0.382 e. The van der Waals surface area contributed by atoms with Crippen LogP contribution in [0.25, 0.3) is 5.69 Å². The van der Waals surface area contributed by atoms with Crippen molar-refractivity contribution in [1.29, 1.82) is 0 Å². The molecule has 112 valence electrons. The lowest BCUT2D eigenvalue weighted by Gasteiger charge is -2.40. The van der Waals surface area contributed by atoms with E-state index in [1.54, 1.807) is 11.0 Å². The number of benzene rings is 1. The van der Waals surface area contributed by atoms with Gasteiger partial charge in [0.25, 0.3) is 0 Å². The Morgan fingerprint density at radius 2 is 2.00 bits per heavy atom. The zero-order valence-corrected chi connectivity index (χ0v) is 13.0. The summed E-state index contributed by atoms with van der Waals surface area (Å²) in [5, 5.41) is 14.9. The molecule has 0 aliphatic heterocycles. The standard InChI is InChI=1S/C16H23N5/c1-12-10-16(2,3)9-8-15(12)18-13-4-6-14(7-5-13)21-11-17-19-20-21/h4-7,11-12,15,18H,8-10H2,1-3H3. The van der Waals surface area contributed by atoms with Crippen LogP contribution in [0.5, 0.6) is 0 Å². The summed E-state index contributed by atoms with van der Waals surface area (Å²) in [5.74, 6) is 0.702. The SMILES string of the molecule is CC1CC(C)(C)CCC1Nc1ccc(-n2cnnn2)cc1. The van der Waals surface area contributed by atoms with E-state index in [0.29, 0.717) is 17.4 Å². The molecular formula is C16H23N5. The minimum atomic E-state index is 0.488. The molecule has 1 aromatic heterocycles. The van der Waals surface area contributed by atoms with Crippen LogP contribution in [0.4, 0.5) is 5.69 Å². The molecule has 1 aromatic carbocycles. The molecule has 1 fully saturated rings. The van der Waals surface area contributed by atoms with Crippen LogP contribution in [0.2, 0.25) is 0 Å². The lowest BCUT2D eigenvalue weighted by molar-refractivity contribution is 0.177. The largest absolute Gasteiger partial charge is 0.382 e. The Morgan fingerprint density at radius 3 is 2.62 bits per heavy atom. The number of aromatic nitrogens is 4. The summed E-state index contributed by atoms with van der Waals surface area (Å²) in [6.07, 6.45) is 5.42. The first kappa shape index (κ1) is 14.0. The van der Waals surface area contributed by atoms with Crippen LogP contribution in [0.15, 0.2) is 30.6 Å². The average Bonchev–Trinajstić information content (AvgIpc) is 2.96. The van der Waals surface area contributed by atoms with E-state index in [1.165, 1.54) is 24.9 Å². The predicted octanol–water partition coefficient (Wildman–Crippen LogP) is 3.29. The van der Waals surface area contributed by atoms with Gasteiger partial charge >= 0.3 is 0 Å². The smallest absolute Gasteiger partial charge is 0.143 e. The van der Waals surface area contributed by atoms with Gasteiger partial charge in [-0.05, 0) is 65.3 Å². The molecule has 21 heavy (non-hydrogen) atoms. The van der Waals surface area contributed by atoms with Crippen LogP contribution in [0, 0.1) is 11.3 Å². The summed E-state index contributed by atoms with van der Waals surface area (Å²) < 4.78 is 1.66. The Balaban J connectivity index is 1.66.